The molecule has 0 fully saturated rings. The Labute approximate surface area is 127 Å². The van der Waals surface area contributed by atoms with Crippen molar-refractivity contribution in [2.75, 3.05) is 0 Å². The molecule has 0 aliphatic rings. The molecule has 4 rings (SSSR count). The molecule has 1 N–H and O–H groups in total. The molecule has 3 nitrogen and oxygen atoms in total. The van der Waals surface area contributed by atoms with Crippen LogP contribution in [0, 0.1) is 0 Å². The highest BCUT2D eigenvalue weighted by Gasteiger charge is 1.88. The largest absolute Gasteiger partial charge is 0.346 e. The van der Waals surface area contributed by atoms with E-state index >= 15 is 0 Å². The van der Waals surface area contributed by atoms with Gasteiger partial charge in [0.1, 0.15) is 5.65 Å². The summed E-state index contributed by atoms with van der Waals surface area (Å²) in [5.74, 6) is 0. The van der Waals surface area contributed by atoms with Gasteiger partial charge in [-0.25, -0.2) is 4.98 Å². The maximum absolute atomic E-state index is 4.18. The van der Waals surface area contributed by atoms with Crippen LogP contribution < -0.4 is 0 Å². The van der Waals surface area contributed by atoms with Gasteiger partial charge in [-0.2, -0.15) is 0 Å². The lowest BCUT2D eigenvalue weighted by atomic mass is 10.2. The van der Waals surface area contributed by atoms with E-state index in [1.54, 1.807) is 6.20 Å². The molecule has 0 spiro atoms. The second-order valence-corrected chi connectivity index (χ2v) is 4.12. The number of aromatic nitrogens is 3. The number of halogens is 1. The van der Waals surface area contributed by atoms with Crippen LogP contribution in [-0.4, -0.2) is 15.0 Å². The first-order valence-corrected chi connectivity index (χ1v) is 6.11. The molecule has 0 atom stereocenters. The third-order valence-electron chi connectivity index (χ3n) is 2.83. The minimum absolute atomic E-state index is 0. The van der Waals surface area contributed by atoms with E-state index in [0.29, 0.717) is 0 Å². The van der Waals surface area contributed by atoms with Crippen molar-refractivity contribution in [3.63, 3.8) is 0 Å². The van der Waals surface area contributed by atoms with E-state index in [-0.39, 0.29) is 17.0 Å². The highest BCUT2D eigenvalue weighted by atomic mass is 79.9. The van der Waals surface area contributed by atoms with Crippen molar-refractivity contribution in [2.45, 2.75) is 0 Å². The average molecular weight is 328 g/mol. The third-order valence-corrected chi connectivity index (χ3v) is 2.83. The molecule has 0 saturated heterocycles. The number of para-hydroxylation sites is 1. The fourth-order valence-electron chi connectivity index (χ4n) is 1.90. The van der Waals surface area contributed by atoms with E-state index in [4.69, 9.17) is 0 Å². The van der Waals surface area contributed by atoms with Gasteiger partial charge in [-0.05, 0) is 30.3 Å². The lowest BCUT2D eigenvalue weighted by molar-refractivity contribution is 1.33. The van der Waals surface area contributed by atoms with Gasteiger partial charge in [0.05, 0.1) is 5.52 Å². The van der Waals surface area contributed by atoms with Crippen LogP contribution in [0.5, 0.6) is 0 Å². The summed E-state index contributed by atoms with van der Waals surface area (Å²) in [6.45, 7) is 0. The Morgan fingerprint density at radius 3 is 2.20 bits per heavy atom. The summed E-state index contributed by atoms with van der Waals surface area (Å²) < 4.78 is 0. The number of rotatable bonds is 0. The van der Waals surface area contributed by atoms with Crippen LogP contribution in [0.15, 0.2) is 73.2 Å². The van der Waals surface area contributed by atoms with Gasteiger partial charge >= 0.3 is 0 Å². The minimum Gasteiger partial charge on any atom is -0.346 e. The summed E-state index contributed by atoms with van der Waals surface area (Å²) in [4.78, 5) is 11.3. The molecule has 4 heteroatoms. The van der Waals surface area contributed by atoms with Gasteiger partial charge in [0, 0.05) is 29.4 Å². The maximum Gasteiger partial charge on any atom is 0.137 e. The van der Waals surface area contributed by atoms with Crippen LogP contribution in [-0.2, 0) is 0 Å². The van der Waals surface area contributed by atoms with Crippen molar-refractivity contribution < 1.29 is 0 Å². The number of fused-ring (bicyclic) bond motifs is 2. The van der Waals surface area contributed by atoms with Crippen LogP contribution in [0.4, 0.5) is 0 Å². The van der Waals surface area contributed by atoms with Crippen LogP contribution in [0.25, 0.3) is 21.9 Å². The zero-order valence-electron chi connectivity index (χ0n) is 10.7. The number of hydrogen-bond donors (Lipinski definition) is 1. The normalized spacial score (nSPS) is 9.60. The van der Waals surface area contributed by atoms with E-state index in [2.05, 4.69) is 27.1 Å². The van der Waals surface area contributed by atoms with Crippen LogP contribution >= 0.6 is 17.0 Å². The Morgan fingerprint density at radius 2 is 1.40 bits per heavy atom. The Balaban J connectivity index is 0.000000141. The van der Waals surface area contributed by atoms with Gasteiger partial charge < -0.3 is 4.98 Å². The van der Waals surface area contributed by atoms with Gasteiger partial charge in [-0.15, -0.1) is 17.0 Å². The second-order valence-electron chi connectivity index (χ2n) is 4.12. The topological polar surface area (TPSA) is 41.6 Å². The smallest absolute Gasteiger partial charge is 0.137 e. The molecule has 0 aliphatic carbocycles. The Morgan fingerprint density at radius 1 is 0.700 bits per heavy atom. The predicted molar refractivity (Wildman–Crippen MR) is 88.2 cm³/mol. The summed E-state index contributed by atoms with van der Waals surface area (Å²) in [5.41, 5.74) is 2.02. The molecule has 20 heavy (non-hydrogen) atoms. The van der Waals surface area contributed by atoms with E-state index in [1.807, 2.05) is 54.9 Å². The standard InChI is InChI=1S/C9H7N.C7H6N2.BrH/c1-2-6-9-8(4-1)5-3-7-10-9;1-2-6-3-5-9-7(6)8-4-1;/h1-7H;1-5H,(H,8,9);1H. The molecular formula is C16H14BrN3. The quantitative estimate of drug-likeness (QED) is 0.521. The van der Waals surface area contributed by atoms with Gasteiger partial charge in [0.2, 0.25) is 0 Å². The molecule has 0 saturated carbocycles. The van der Waals surface area contributed by atoms with Crippen molar-refractivity contribution in [1.29, 1.82) is 0 Å². The van der Waals surface area contributed by atoms with Gasteiger partial charge in [0.15, 0.2) is 0 Å². The fraction of sp³-hybridized carbons (Fsp3) is 0. The summed E-state index contributed by atoms with van der Waals surface area (Å²) >= 11 is 0. The summed E-state index contributed by atoms with van der Waals surface area (Å²) in [7, 11) is 0. The van der Waals surface area contributed by atoms with Gasteiger partial charge in [-0.1, -0.05) is 24.3 Å². The van der Waals surface area contributed by atoms with Crippen molar-refractivity contribution >= 4 is 38.9 Å². The summed E-state index contributed by atoms with van der Waals surface area (Å²) in [6.07, 6.45) is 5.47. The van der Waals surface area contributed by atoms with Crippen molar-refractivity contribution in [1.82, 2.24) is 15.0 Å². The van der Waals surface area contributed by atoms with Crippen LogP contribution in [0.1, 0.15) is 0 Å². The highest BCUT2D eigenvalue weighted by Crippen LogP contribution is 2.08. The Bertz CT molecular complexity index is 700. The Kier molecular flexibility index (Phi) is 4.85. The summed E-state index contributed by atoms with van der Waals surface area (Å²) in [5, 5.41) is 2.36. The molecule has 0 radical (unpaired) electrons. The molecule has 3 aromatic heterocycles. The lowest BCUT2D eigenvalue weighted by Crippen LogP contribution is -1.73. The monoisotopic (exact) mass is 327 g/mol. The number of nitrogens with zero attached hydrogens (tertiary/aromatic N) is 2. The average Bonchev–Trinajstić information content (AvgIpc) is 2.96. The Hall–Kier alpha value is -2.20. The van der Waals surface area contributed by atoms with Crippen LogP contribution in [0.3, 0.4) is 0 Å². The number of aromatic amines is 1. The molecule has 0 unspecified atom stereocenters. The zero-order valence-corrected chi connectivity index (χ0v) is 12.4. The maximum atomic E-state index is 4.18. The molecule has 0 aliphatic heterocycles. The first kappa shape index (κ1) is 14.2. The molecule has 0 amide bonds. The summed E-state index contributed by atoms with van der Waals surface area (Å²) in [6, 6.07) is 18.0. The molecule has 3 heterocycles. The highest BCUT2D eigenvalue weighted by molar-refractivity contribution is 8.93. The SMILES string of the molecule is Br.c1ccc2ncccc2c1.c1cnc2[nH]ccc2c1. The van der Waals surface area contributed by atoms with E-state index in [0.717, 1.165) is 16.6 Å². The first-order chi connectivity index (χ1) is 9.43. The first-order valence-electron chi connectivity index (χ1n) is 6.11. The molecule has 4 aromatic rings. The van der Waals surface area contributed by atoms with Crippen LogP contribution in [0.2, 0.25) is 0 Å². The van der Waals surface area contributed by atoms with Gasteiger partial charge in [-0.3, -0.25) is 4.98 Å². The number of pyridine rings is 2. The number of nitrogens with one attached hydrogen (secondary N) is 1. The predicted octanol–water partition coefficient (Wildman–Crippen LogP) is 4.38. The zero-order chi connectivity index (χ0) is 12.9. The molecule has 1 aromatic carbocycles. The molecule has 100 valence electrons. The van der Waals surface area contributed by atoms with Gasteiger partial charge in [0.25, 0.3) is 0 Å². The van der Waals surface area contributed by atoms with Crippen molar-refractivity contribution in [2.24, 2.45) is 0 Å². The van der Waals surface area contributed by atoms with Crippen molar-refractivity contribution in [3.8, 4) is 0 Å². The minimum atomic E-state index is 0. The van der Waals surface area contributed by atoms with E-state index < -0.39 is 0 Å². The molecular weight excluding hydrogens is 314 g/mol. The number of hydrogen-bond acceptors (Lipinski definition) is 2. The van der Waals surface area contributed by atoms with E-state index in [9.17, 15) is 0 Å². The lowest BCUT2D eigenvalue weighted by Gasteiger charge is -1.91. The van der Waals surface area contributed by atoms with E-state index in [1.165, 1.54) is 5.39 Å². The second kappa shape index (κ2) is 6.82. The number of H-pyrrole nitrogens is 1. The fourth-order valence-corrected chi connectivity index (χ4v) is 1.90. The van der Waals surface area contributed by atoms with Crippen molar-refractivity contribution in [3.05, 3.63) is 73.2 Å². The molecule has 0 bridgehead atoms. The third kappa shape index (κ3) is 3.22. The number of benzene rings is 1.